The van der Waals surface area contributed by atoms with Crippen LogP contribution >= 0.6 is 0 Å². The fourth-order valence-electron chi connectivity index (χ4n) is 4.86. The van der Waals surface area contributed by atoms with Gasteiger partial charge in [-0.2, -0.15) is 0 Å². The summed E-state index contributed by atoms with van der Waals surface area (Å²) in [4.78, 5) is 33.6. The number of amides is 3. The number of benzene rings is 1. The van der Waals surface area contributed by atoms with Crippen molar-refractivity contribution in [3.8, 4) is 0 Å². The normalized spacial score (nSPS) is 21.4. The van der Waals surface area contributed by atoms with Crippen LogP contribution in [0.5, 0.6) is 0 Å². The number of para-hydroxylation sites is 1. The lowest BCUT2D eigenvalue weighted by atomic mass is 10.0. The zero-order chi connectivity index (χ0) is 27.4. The third-order valence-corrected chi connectivity index (χ3v) is 8.50. The van der Waals surface area contributed by atoms with Crippen LogP contribution < -0.4 is 10.0 Å². The fraction of sp³-hybridized carbons (Fsp3) is 0.321. The lowest BCUT2D eigenvalue weighted by Gasteiger charge is -2.36. The van der Waals surface area contributed by atoms with Crippen molar-refractivity contribution in [3.05, 3.63) is 84.3 Å². The molecule has 1 saturated heterocycles. The molecule has 2 unspecified atom stereocenters. The van der Waals surface area contributed by atoms with Crippen molar-refractivity contribution < 1.29 is 22.7 Å². The van der Waals surface area contributed by atoms with Crippen molar-refractivity contribution in [3.63, 3.8) is 0 Å². The van der Waals surface area contributed by atoms with Gasteiger partial charge in [0.2, 0.25) is 10.0 Å². The van der Waals surface area contributed by atoms with E-state index < -0.39 is 16.1 Å². The summed E-state index contributed by atoms with van der Waals surface area (Å²) in [5.41, 5.74) is 0.930. The summed E-state index contributed by atoms with van der Waals surface area (Å²) >= 11 is 0. The van der Waals surface area contributed by atoms with Crippen LogP contribution in [0.3, 0.4) is 0 Å². The number of sulfonamides is 1. The third kappa shape index (κ3) is 6.04. The van der Waals surface area contributed by atoms with E-state index in [1.807, 2.05) is 30.4 Å². The van der Waals surface area contributed by atoms with Crippen LogP contribution in [0, 0.1) is 0 Å². The van der Waals surface area contributed by atoms with Crippen LogP contribution in [0.15, 0.2) is 89.2 Å². The van der Waals surface area contributed by atoms with Gasteiger partial charge in [0, 0.05) is 49.4 Å². The number of nitrogens with zero attached hydrogens (tertiary/aromatic N) is 3. The number of carbonyl (C=O) groups is 2. The molecule has 0 radical (unpaired) electrons. The van der Waals surface area contributed by atoms with Crippen molar-refractivity contribution >= 4 is 32.9 Å². The second-order valence-electron chi connectivity index (χ2n) is 9.56. The molecule has 39 heavy (non-hydrogen) atoms. The molecule has 3 aliphatic rings. The van der Waals surface area contributed by atoms with E-state index in [0.717, 1.165) is 11.1 Å². The Hall–Kier alpha value is -3.96. The van der Waals surface area contributed by atoms with Crippen LogP contribution in [-0.4, -0.2) is 80.5 Å². The van der Waals surface area contributed by atoms with Gasteiger partial charge in [-0.05, 0) is 37.1 Å². The lowest BCUT2D eigenvalue weighted by molar-refractivity contribution is -0.128. The first-order chi connectivity index (χ1) is 18.8. The van der Waals surface area contributed by atoms with Gasteiger partial charge in [-0.15, -0.1) is 0 Å². The van der Waals surface area contributed by atoms with Gasteiger partial charge in [-0.1, -0.05) is 42.5 Å². The highest BCUT2D eigenvalue weighted by Crippen LogP contribution is 2.22. The molecule has 0 spiro atoms. The van der Waals surface area contributed by atoms with Gasteiger partial charge in [0.1, 0.15) is 10.7 Å². The van der Waals surface area contributed by atoms with Crippen molar-refractivity contribution in [2.45, 2.75) is 29.8 Å². The SMILES string of the molecule is COC1=CC(NC(=O)N2CCN(C(=O)C3=CCC(NS(=O)(=O)c4cccc5cccnc45)C=C3)CC2)CC=C1. The zero-order valence-electron chi connectivity index (χ0n) is 21.6. The maximum atomic E-state index is 13.1. The van der Waals surface area contributed by atoms with Crippen LogP contribution in [0.4, 0.5) is 4.79 Å². The summed E-state index contributed by atoms with van der Waals surface area (Å²) in [6, 6.07) is 7.85. The molecule has 3 amide bonds. The van der Waals surface area contributed by atoms with Crippen LogP contribution in [-0.2, 0) is 19.6 Å². The minimum Gasteiger partial charge on any atom is -0.497 e. The number of pyridine rings is 1. The molecule has 204 valence electrons. The maximum absolute atomic E-state index is 13.1. The largest absolute Gasteiger partial charge is 0.497 e. The molecule has 2 aromatic rings. The van der Waals surface area contributed by atoms with Gasteiger partial charge in [0.05, 0.1) is 18.7 Å². The average molecular weight is 550 g/mol. The molecule has 2 heterocycles. The Kier molecular flexibility index (Phi) is 7.80. The first-order valence-corrected chi connectivity index (χ1v) is 14.3. The second kappa shape index (κ2) is 11.4. The van der Waals surface area contributed by atoms with Crippen LogP contribution in [0.25, 0.3) is 10.9 Å². The number of hydrogen-bond donors (Lipinski definition) is 2. The molecule has 5 rings (SSSR count). The number of rotatable bonds is 6. The molecule has 1 aromatic carbocycles. The van der Waals surface area contributed by atoms with Gasteiger partial charge >= 0.3 is 6.03 Å². The molecular weight excluding hydrogens is 518 g/mol. The van der Waals surface area contributed by atoms with Gasteiger partial charge in [0.15, 0.2) is 0 Å². The van der Waals surface area contributed by atoms with Crippen LogP contribution in [0.2, 0.25) is 0 Å². The van der Waals surface area contributed by atoms with E-state index >= 15 is 0 Å². The number of carbonyl (C=O) groups excluding carboxylic acids is 2. The molecular formula is C28H31N5O5S. The molecule has 1 aliphatic heterocycles. The van der Waals surface area contributed by atoms with E-state index in [9.17, 15) is 18.0 Å². The third-order valence-electron chi connectivity index (χ3n) is 6.97. The summed E-state index contributed by atoms with van der Waals surface area (Å²) in [5, 5.41) is 3.74. The molecule has 1 aromatic heterocycles. The lowest BCUT2D eigenvalue weighted by Crippen LogP contribution is -2.54. The quantitative estimate of drug-likeness (QED) is 0.571. The predicted octanol–water partition coefficient (Wildman–Crippen LogP) is 2.48. The Morgan fingerprint density at radius 2 is 1.77 bits per heavy atom. The van der Waals surface area contributed by atoms with Crippen molar-refractivity contribution in [1.29, 1.82) is 0 Å². The monoisotopic (exact) mass is 549 g/mol. The number of urea groups is 1. The minimum absolute atomic E-state index is 0.122. The second-order valence-corrected chi connectivity index (χ2v) is 11.2. The smallest absolute Gasteiger partial charge is 0.317 e. The number of fused-ring (bicyclic) bond motifs is 1. The van der Waals surface area contributed by atoms with Gasteiger partial charge in [-0.25, -0.2) is 17.9 Å². The highest BCUT2D eigenvalue weighted by Gasteiger charge is 2.28. The fourth-order valence-corrected chi connectivity index (χ4v) is 6.24. The predicted molar refractivity (Wildman–Crippen MR) is 147 cm³/mol. The van der Waals surface area contributed by atoms with E-state index in [4.69, 9.17) is 4.74 Å². The van der Waals surface area contributed by atoms with Crippen molar-refractivity contribution in [2.75, 3.05) is 33.3 Å². The summed E-state index contributed by atoms with van der Waals surface area (Å²) in [5.74, 6) is 0.590. The molecule has 2 aliphatic carbocycles. The van der Waals surface area contributed by atoms with Crippen molar-refractivity contribution in [1.82, 2.24) is 24.8 Å². The van der Waals surface area contributed by atoms with E-state index in [0.29, 0.717) is 50.1 Å². The summed E-state index contributed by atoms with van der Waals surface area (Å²) in [6.07, 6.45) is 13.5. The minimum atomic E-state index is -3.82. The highest BCUT2D eigenvalue weighted by atomic mass is 32.2. The standard InChI is InChI=1S/C28H31N5O5S/c1-38-24-8-3-7-23(19-24)30-28(35)33-17-15-32(16-18-33)27(34)21-10-12-22(13-11-21)31-39(36,37)25-9-2-5-20-6-4-14-29-26(20)25/h2-6,8-12,14,19,22-23,31H,7,13,15-18H2,1H3,(H,30,35). The zero-order valence-corrected chi connectivity index (χ0v) is 22.4. The number of nitrogens with one attached hydrogen (secondary N) is 2. The molecule has 2 atom stereocenters. The summed E-state index contributed by atoms with van der Waals surface area (Å²) in [6.45, 7) is 1.70. The van der Waals surface area contributed by atoms with Crippen LogP contribution in [0.1, 0.15) is 12.8 Å². The molecule has 10 nitrogen and oxygen atoms in total. The molecule has 0 saturated carbocycles. The van der Waals surface area contributed by atoms with Gasteiger partial charge < -0.3 is 19.9 Å². The Balaban J connectivity index is 1.13. The summed E-state index contributed by atoms with van der Waals surface area (Å²) < 4.78 is 34.1. The number of ether oxygens (including phenoxy) is 1. The van der Waals surface area contributed by atoms with E-state index in [1.165, 1.54) is 6.07 Å². The first kappa shape index (κ1) is 26.6. The number of aromatic nitrogens is 1. The Morgan fingerprint density at radius 1 is 1.00 bits per heavy atom. The summed E-state index contributed by atoms with van der Waals surface area (Å²) in [7, 11) is -2.23. The first-order valence-electron chi connectivity index (χ1n) is 12.9. The Bertz CT molecular complexity index is 1480. The number of methoxy groups -OCH3 is 1. The number of allylic oxidation sites excluding steroid dienone is 1. The van der Waals surface area contributed by atoms with E-state index in [2.05, 4.69) is 15.0 Å². The van der Waals surface area contributed by atoms with E-state index in [-0.39, 0.29) is 22.9 Å². The molecule has 1 fully saturated rings. The maximum Gasteiger partial charge on any atom is 0.317 e. The van der Waals surface area contributed by atoms with Gasteiger partial charge in [0.25, 0.3) is 5.91 Å². The molecule has 2 N–H and O–H groups in total. The van der Waals surface area contributed by atoms with Gasteiger partial charge in [-0.3, -0.25) is 9.78 Å². The van der Waals surface area contributed by atoms with Crippen molar-refractivity contribution in [2.24, 2.45) is 0 Å². The number of piperazine rings is 1. The number of hydrogen-bond acceptors (Lipinski definition) is 6. The van der Waals surface area contributed by atoms with E-state index in [1.54, 1.807) is 53.5 Å². The Labute approximate surface area is 227 Å². The Morgan fingerprint density at radius 3 is 2.51 bits per heavy atom. The highest BCUT2D eigenvalue weighted by molar-refractivity contribution is 7.89. The molecule has 0 bridgehead atoms. The topological polar surface area (TPSA) is 121 Å². The average Bonchev–Trinajstić information content (AvgIpc) is 2.97. The molecule has 11 heteroatoms.